The predicted octanol–water partition coefficient (Wildman–Crippen LogP) is 3.13. The number of aromatic nitrogens is 2. The van der Waals surface area contributed by atoms with Gasteiger partial charge in [-0.05, 0) is 42.5 Å². The number of primary amides is 1. The molecule has 0 bridgehead atoms. The standard InChI is InChI=1S/C17H14ClN5O2/c18-16-13(23-10-2-1-3-14(23)22-16)8-9-15(24)20-11-4-6-12(7-5-11)21-17(19)25/h1-10H,(H,20,24)(H3,19,21,25)/b9-8+. The Balaban J connectivity index is 1.70. The van der Waals surface area contributed by atoms with Gasteiger partial charge in [0, 0.05) is 23.6 Å². The second-order valence-corrected chi connectivity index (χ2v) is 5.46. The summed E-state index contributed by atoms with van der Waals surface area (Å²) in [5.74, 6) is -0.322. The average molecular weight is 356 g/mol. The Kier molecular flexibility index (Phi) is 4.67. The highest BCUT2D eigenvalue weighted by Gasteiger charge is 2.07. The van der Waals surface area contributed by atoms with Crippen molar-refractivity contribution in [2.75, 3.05) is 10.6 Å². The minimum atomic E-state index is -0.648. The molecule has 25 heavy (non-hydrogen) atoms. The highest BCUT2D eigenvalue weighted by molar-refractivity contribution is 6.31. The van der Waals surface area contributed by atoms with Crippen LogP contribution in [-0.2, 0) is 4.79 Å². The molecule has 0 unspecified atom stereocenters. The van der Waals surface area contributed by atoms with Gasteiger partial charge in [-0.3, -0.25) is 9.20 Å². The van der Waals surface area contributed by atoms with Crippen LogP contribution in [0.4, 0.5) is 16.2 Å². The largest absolute Gasteiger partial charge is 0.351 e. The van der Waals surface area contributed by atoms with Crippen LogP contribution < -0.4 is 16.4 Å². The number of carbonyl (C=O) groups is 2. The van der Waals surface area contributed by atoms with Crippen molar-refractivity contribution in [1.29, 1.82) is 0 Å². The number of nitrogens with zero attached hydrogens (tertiary/aromatic N) is 2. The van der Waals surface area contributed by atoms with Crippen molar-refractivity contribution >= 4 is 46.6 Å². The lowest BCUT2D eigenvalue weighted by molar-refractivity contribution is -0.111. The Bertz CT molecular complexity index is 963. The van der Waals surface area contributed by atoms with Crippen LogP contribution in [0.15, 0.2) is 54.7 Å². The van der Waals surface area contributed by atoms with E-state index in [4.69, 9.17) is 17.3 Å². The van der Waals surface area contributed by atoms with E-state index in [1.165, 1.54) is 6.08 Å². The lowest BCUT2D eigenvalue weighted by Crippen LogP contribution is -2.19. The monoisotopic (exact) mass is 355 g/mol. The fraction of sp³-hybridized carbons (Fsp3) is 0. The molecule has 4 N–H and O–H groups in total. The van der Waals surface area contributed by atoms with Gasteiger partial charge in [0.15, 0.2) is 5.15 Å². The quantitative estimate of drug-likeness (QED) is 0.626. The molecule has 126 valence electrons. The number of fused-ring (bicyclic) bond motifs is 1. The Morgan fingerprint density at radius 3 is 2.44 bits per heavy atom. The Morgan fingerprint density at radius 2 is 1.76 bits per heavy atom. The summed E-state index contributed by atoms with van der Waals surface area (Å²) in [6, 6.07) is 11.4. The Morgan fingerprint density at radius 1 is 1.08 bits per heavy atom. The first-order chi connectivity index (χ1) is 12.0. The summed E-state index contributed by atoms with van der Waals surface area (Å²) >= 11 is 6.11. The molecule has 0 saturated carbocycles. The number of nitrogens with one attached hydrogen (secondary N) is 2. The van der Waals surface area contributed by atoms with Gasteiger partial charge in [0.2, 0.25) is 5.91 Å². The number of carbonyl (C=O) groups excluding carboxylic acids is 2. The molecule has 3 rings (SSSR count). The molecular formula is C17H14ClN5O2. The lowest BCUT2D eigenvalue weighted by atomic mass is 10.2. The summed E-state index contributed by atoms with van der Waals surface area (Å²) in [7, 11) is 0. The minimum Gasteiger partial charge on any atom is -0.351 e. The number of benzene rings is 1. The molecule has 0 aliphatic rings. The van der Waals surface area contributed by atoms with Crippen LogP contribution in [0.2, 0.25) is 5.15 Å². The van der Waals surface area contributed by atoms with Crippen molar-refractivity contribution in [2.24, 2.45) is 5.73 Å². The van der Waals surface area contributed by atoms with E-state index in [2.05, 4.69) is 15.6 Å². The van der Waals surface area contributed by atoms with Gasteiger partial charge >= 0.3 is 6.03 Å². The maximum Gasteiger partial charge on any atom is 0.316 e. The van der Waals surface area contributed by atoms with Crippen molar-refractivity contribution in [3.63, 3.8) is 0 Å². The van der Waals surface area contributed by atoms with Crippen LogP contribution in [0.3, 0.4) is 0 Å². The van der Waals surface area contributed by atoms with Crippen molar-refractivity contribution in [1.82, 2.24) is 9.38 Å². The molecular weight excluding hydrogens is 342 g/mol. The number of anilines is 2. The number of hydrogen-bond donors (Lipinski definition) is 3. The van der Waals surface area contributed by atoms with Gasteiger partial charge in [0.25, 0.3) is 0 Å². The van der Waals surface area contributed by atoms with Crippen LogP contribution in [-0.4, -0.2) is 21.3 Å². The molecule has 0 radical (unpaired) electrons. The highest BCUT2D eigenvalue weighted by atomic mass is 35.5. The second-order valence-electron chi connectivity index (χ2n) is 5.11. The summed E-state index contributed by atoms with van der Waals surface area (Å²) in [4.78, 5) is 27.0. The van der Waals surface area contributed by atoms with Crippen LogP contribution in [0, 0.1) is 0 Å². The second kappa shape index (κ2) is 7.06. The zero-order valence-corrected chi connectivity index (χ0v) is 13.7. The third-order valence-corrected chi connectivity index (χ3v) is 3.61. The summed E-state index contributed by atoms with van der Waals surface area (Å²) < 4.78 is 1.79. The van der Waals surface area contributed by atoms with Gasteiger partial charge in [0.05, 0.1) is 5.69 Å². The maximum atomic E-state index is 12.1. The van der Waals surface area contributed by atoms with Gasteiger partial charge < -0.3 is 16.4 Å². The number of amides is 3. The van der Waals surface area contributed by atoms with E-state index >= 15 is 0 Å². The molecule has 2 aromatic heterocycles. The van der Waals surface area contributed by atoms with Crippen LogP contribution in [0.1, 0.15) is 5.69 Å². The Hall–Kier alpha value is -3.32. The number of halogens is 1. The van der Waals surface area contributed by atoms with E-state index < -0.39 is 6.03 Å². The summed E-state index contributed by atoms with van der Waals surface area (Å²) in [5.41, 5.74) is 7.47. The number of hydrogen-bond acceptors (Lipinski definition) is 3. The molecule has 0 saturated heterocycles. The fourth-order valence-electron chi connectivity index (χ4n) is 2.25. The molecule has 8 heteroatoms. The third kappa shape index (κ3) is 3.96. The number of imidazole rings is 1. The first-order valence-corrected chi connectivity index (χ1v) is 7.69. The molecule has 0 aliphatic heterocycles. The zero-order valence-electron chi connectivity index (χ0n) is 12.9. The first-order valence-electron chi connectivity index (χ1n) is 7.31. The van der Waals surface area contributed by atoms with E-state index in [9.17, 15) is 9.59 Å². The lowest BCUT2D eigenvalue weighted by Gasteiger charge is -2.05. The third-order valence-electron chi connectivity index (χ3n) is 3.33. The van der Waals surface area contributed by atoms with Crippen LogP contribution >= 0.6 is 11.6 Å². The SMILES string of the molecule is NC(=O)Nc1ccc(NC(=O)/C=C/c2c(Cl)nc3ccccn23)cc1. The fourth-order valence-corrected chi connectivity index (χ4v) is 2.49. The number of rotatable bonds is 4. The van der Waals surface area contributed by atoms with Gasteiger partial charge in [-0.15, -0.1) is 0 Å². The van der Waals surface area contributed by atoms with Gasteiger partial charge in [-0.1, -0.05) is 17.7 Å². The molecule has 0 fully saturated rings. The maximum absolute atomic E-state index is 12.1. The number of pyridine rings is 1. The van der Waals surface area contributed by atoms with Crippen LogP contribution in [0.25, 0.3) is 11.7 Å². The van der Waals surface area contributed by atoms with E-state index in [0.717, 1.165) is 0 Å². The summed E-state index contributed by atoms with van der Waals surface area (Å²) in [6.07, 6.45) is 4.79. The van der Waals surface area contributed by atoms with E-state index in [1.54, 1.807) is 34.7 Å². The first kappa shape index (κ1) is 16.5. The molecule has 1 aromatic carbocycles. The van der Waals surface area contributed by atoms with Gasteiger partial charge in [0.1, 0.15) is 5.65 Å². The van der Waals surface area contributed by atoms with Crippen molar-refractivity contribution < 1.29 is 9.59 Å². The Labute approximate surface area is 148 Å². The average Bonchev–Trinajstić information content (AvgIpc) is 2.89. The smallest absolute Gasteiger partial charge is 0.316 e. The zero-order chi connectivity index (χ0) is 17.8. The van der Waals surface area contributed by atoms with E-state index in [0.29, 0.717) is 27.9 Å². The topological polar surface area (TPSA) is 102 Å². The molecule has 3 amide bonds. The molecule has 7 nitrogen and oxygen atoms in total. The van der Waals surface area contributed by atoms with Crippen LogP contribution in [0.5, 0.6) is 0 Å². The molecule has 0 aliphatic carbocycles. The van der Waals surface area contributed by atoms with Crippen molar-refractivity contribution in [3.8, 4) is 0 Å². The molecule has 3 aromatic rings. The number of urea groups is 1. The molecule has 0 atom stereocenters. The van der Waals surface area contributed by atoms with Gasteiger partial charge in [-0.25, -0.2) is 9.78 Å². The van der Waals surface area contributed by atoms with E-state index in [1.807, 2.05) is 24.4 Å². The highest BCUT2D eigenvalue weighted by Crippen LogP contribution is 2.19. The summed E-state index contributed by atoms with van der Waals surface area (Å²) in [6.45, 7) is 0. The van der Waals surface area contributed by atoms with Crippen molar-refractivity contribution in [2.45, 2.75) is 0 Å². The molecule has 2 heterocycles. The van der Waals surface area contributed by atoms with Crippen molar-refractivity contribution in [3.05, 3.63) is 65.6 Å². The minimum absolute atomic E-state index is 0.317. The van der Waals surface area contributed by atoms with Gasteiger partial charge in [-0.2, -0.15) is 0 Å². The predicted molar refractivity (Wildman–Crippen MR) is 97.5 cm³/mol. The number of nitrogens with two attached hydrogens (primary N) is 1. The van der Waals surface area contributed by atoms with E-state index in [-0.39, 0.29) is 5.91 Å². The molecule has 0 spiro atoms. The normalized spacial score (nSPS) is 10.9. The summed E-state index contributed by atoms with van der Waals surface area (Å²) in [5, 5.41) is 5.47.